The molecule has 0 bridgehead atoms. The molecule has 0 aliphatic carbocycles. The van der Waals surface area contributed by atoms with Crippen LogP contribution in [0.15, 0.2) is 85.6 Å². The Morgan fingerprint density at radius 2 is 1.61 bits per heavy atom. The zero-order valence-corrected chi connectivity index (χ0v) is 22.0. The summed E-state index contributed by atoms with van der Waals surface area (Å²) in [7, 11) is -6.50. The highest BCUT2D eigenvalue weighted by molar-refractivity contribution is 9.11. The molecule has 2 N–H and O–H groups in total. The van der Waals surface area contributed by atoms with Gasteiger partial charge in [0.05, 0.1) is 15.1 Å². The van der Waals surface area contributed by atoms with Gasteiger partial charge in [0.1, 0.15) is 5.75 Å². The van der Waals surface area contributed by atoms with Gasteiger partial charge < -0.3 is 4.52 Å². The van der Waals surface area contributed by atoms with Crippen molar-refractivity contribution in [3.63, 3.8) is 0 Å². The highest BCUT2D eigenvalue weighted by Crippen LogP contribution is 2.62. The predicted octanol–water partition coefficient (Wildman–Crippen LogP) is 6.20. The molecule has 0 amide bonds. The monoisotopic (exact) mass is 585 g/mol. The van der Waals surface area contributed by atoms with Crippen LogP contribution in [0.3, 0.4) is 0 Å². The van der Waals surface area contributed by atoms with E-state index in [-0.39, 0.29) is 10.1 Å². The Labute approximate surface area is 199 Å². The van der Waals surface area contributed by atoms with Crippen LogP contribution in [0.5, 0.6) is 5.75 Å². The Hall–Kier alpha value is -1.51. The van der Waals surface area contributed by atoms with Crippen molar-refractivity contribution in [1.29, 1.82) is 0 Å². The Bertz CT molecular complexity index is 1240. The smallest absolute Gasteiger partial charge is 0.238 e. The molecule has 0 fully saturated rings. The fourth-order valence-electron chi connectivity index (χ4n) is 2.91. The molecule has 1 unspecified atom stereocenters. The SMILES string of the molecule is CC(C)(C)P(=Nc1ccc(S(N)(=O)=O)cc1)(Oc1ccc(Br)cc1Br)c1ccncc1. The lowest BCUT2D eigenvalue weighted by Gasteiger charge is -2.37. The van der Waals surface area contributed by atoms with Crippen molar-refractivity contribution >= 4 is 60.2 Å². The summed E-state index contributed by atoms with van der Waals surface area (Å²) in [4.78, 5) is 4.18. The molecule has 1 atom stereocenters. The number of rotatable bonds is 5. The molecule has 3 rings (SSSR count). The average Bonchev–Trinajstić information content (AvgIpc) is 2.69. The molecule has 2 aromatic carbocycles. The highest BCUT2D eigenvalue weighted by atomic mass is 79.9. The van der Waals surface area contributed by atoms with Crippen LogP contribution in [0.1, 0.15) is 20.8 Å². The standard InChI is InChI=1S/C21H22Br2N3O3PS/c1-21(2,3)30(17-10-12-25-13-11-17,29-20-9-4-15(22)14-19(20)23)26-16-5-7-18(8-6-16)31(24,27)28/h4-14H,1-3H3,(H2,24,27,28). The number of sulfonamides is 1. The van der Waals surface area contributed by atoms with Gasteiger partial charge in [-0.15, -0.1) is 0 Å². The molecule has 0 saturated carbocycles. The first-order chi connectivity index (χ1) is 14.4. The van der Waals surface area contributed by atoms with Gasteiger partial charge in [-0.2, -0.15) is 0 Å². The van der Waals surface area contributed by atoms with Gasteiger partial charge in [0.25, 0.3) is 0 Å². The van der Waals surface area contributed by atoms with Gasteiger partial charge >= 0.3 is 0 Å². The summed E-state index contributed by atoms with van der Waals surface area (Å²) in [6, 6.07) is 15.7. The third kappa shape index (κ3) is 5.46. The maximum atomic E-state index is 11.6. The van der Waals surface area contributed by atoms with Gasteiger partial charge in [-0.1, -0.05) is 36.7 Å². The normalized spacial score (nSPS) is 14.0. The highest BCUT2D eigenvalue weighted by Gasteiger charge is 2.39. The van der Waals surface area contributed by atoms with Crippen LogP contribution in [0.25, 0.3) is 0 Å². The minimum atomic E-state index is -3.78. The van der Waals surface area contributed by atoms with Crippen LogP contribution in [0.4, 0.5) is 5.69 Å². The van der Waals surface area contributed by atoms with Crippen molar-refractivity contribution in [2.75, 3.05) is 0 Å². The van der Waals surface area contributed by atoms with Gasteiger partial charge in [-0.3, -0.25) is 4.98 Å². The van der Waals surface area contributed by atoms with Crippen LogP contribution in [0, 0.1) is 0 Å². The number of nitrogens with two attached hydrogens (primary N) is 1. The molecule has 1 heterocycles. The predicted molar refractivity (Wildman–Crippen MR) is 133 cm³/mol. The number of aromatic nitrogens is 1. The lowest BCUT2D eigenvalue weighted by atomic mass is 10.3. The first-order valence-electron chi connectivity index (χ1n) is 9.23. The van der Waals surface area contributed by atoms with E-state index < -0.39 is 17.3 Å². The molecule has 1 aromatic heterocycles. The molecular formula is C21H22Br2N3O3PS. The number of pyridine rings is 1. The average molecular weight is 587 g/mol. The first-order valence-corrected chi connectivity index (χ1v) is 14.0. The van der Waals surface area contributed by atoms with Crippen molar-refractivity contribution in [1.82, 2.24) is 4.98 Å². The minimum Gasteiger partial charge on any atom is -0.454 e. The maximum Gasteiger partial charge on any atom is 0.238 e. The molecule has 0 aliphatic heterocycles. The van der Waals surface area contributed by atoms with Gasteiger partial charge in [0.2, 0.25) is 10.0 Å². The summed E-state index contributed by atoms with van der Waals surface area (Å²) in [5, 5.41) is 5.76. The van der Waals surface area contributed by atoms with Crippen molar-refractivity contribution in [2.24, 2.45) is 9.88 Å². The fourth-order valence-corrected chi connectivity index (χ4v) is 7.73. The molecule has 0 saturated heterocycles. The molecule has 0 radical (unpaired) electrons. The van der Waals surface area contributed by atoms with Gasteiger partial charge in [-0.05, 0) is 70.5 Å². The van der Waals surface area contributed by atoms with Crippen molar-refractivity contribution in [3.8, 4) is 5.75 Å². The third-order valence-electron chi connectivity index (χ3n) is 4.47. The minimum absolute atomic E-state index is 0.0339. The second-order valence-electron chi connectivity index (χ2n) is 7.76. The molecule has 31 heavy (non-hydrogen) atoms. The molecule has 10 heteroatoms. The summed E-state index contributed by atoms with van der Waals surface area (Å²) < 4.78 is 36.8. The zero-order chi connectivity index (χ0) is 22.9. The molecule has 3 aromatic rings. The van der Waals surface area contributed by atoms with Gasteiger partial charge in [0, 0.05) is 27.3 Å². The summed E-state index contributed by atoms with van der Waals surface area (Å²) in [6.45, 7) is 6.24. The van der Waals surface area contributed by atoms with E-state index in [2.05, 4.69) is 57.6 Å². The number of hydrogen-bond donors (Lipinski definition) is 1. The summed E-state index contributed by atoms with van der Waals surface area (Å²) in [5.74, 6) is 0.660. The van der Waals surface area contributed by atoms with Crippen molar-refractivity contribution in [2.45, 2.75) is 30.8 Å². The van der Waals surface area contributed by atoms with E-state index in [1.165, 1.54) is 12.1 Å². The van der Waals surface area contributed by atoms with Crippen molar-refractivity contribution < 1.29 is 12.9 Å². The Balaban J connectivity index is 2.28. The lowest BCUT2D eigenvalue weighted by Crippen LogP contribution is -2.27. The number of hydrogen-bond acceptors (Lipinski definition) is 5. The Kier molecular flexibility index (Phi) is 7.13. The van der Waals surface area contributed by atoms with E-state index in [1.54, 1.807) is 24.5 Å². The second kappa shape index (κ2) is 9.16. The van der Waals surface area contributed by atoms with Crippen LogP contribution >= 0.6 is 39.1 Å². The summed E-state index contributed by atoms with van der Waals surface area (Å²) in [6.07, 6.45) is 3.44. The topological polar surface area (TPSA) is 94.6 Å². The van der Waals surface area contributed by atoms with Crippen LogP contribution in [0.2, 0.25) is 0 Å². The van der Waals surface area contributed by atoms with E-state index in [0.29, 0.717) is 11.4 Å². The Morgan fingerprint density at radius 3 is 2.13 bits per heavy atom. The third-order valence-corrected chi connectivity index (χ3v) is 10.3. The number of primary sulfonamides is 1. The molecule has 0 aliphatic rings. The largest absolute Gasteiger partial charge is 0.454 e. The van der Waals surface area contributed by atoms with Crippen LogP contribution in [-0.4, -0.2) is 18.6 Å². The fraction of sp³-hybridized carbons (Fsp3) is 0.190. The number of nitrogens with zero attached hydrogens (tertiary/aromatic N) is 2. The second-order valence-corrected chi connectivity index (χ2v) is 14.5. The zero-order valence-electron chi connectivity index (χ0n) is 17.2. The number of benzene rings is 2. The lowest BCUT2D eigenvalue weighted by molar-refractivity contribution is 0.568. The molecule has 0 spiro atoms. The van der Waals surface area contributed by atoms with E-state index in [0.717, 1.165) is 14.2 Å². The van der Waals surface area contributed by atoms with E-state index in [4.69, 9.17) is 14.4 Å². The first kappa shape index (κ1) is 24.1. The van der Waals surface area contributed by atoms with Crippen molar-refractivity contribution in [3.05, 3.63) is 75.9 Å². The van der Waals surface area contributed by atoms with Crippen LogP contribution in [-0.2, 0) is 10.0 Å². The Morgan fingerprint density at radius 1 is 1.00 bits per heavy atom. The van der Waals surface area contributed by atoms with E-state index in [9.17, 15) is 8.42 Å². The quantitative estimate of drug-likeness (QED) is 0.360. The number of halogens is 2. The van der Waals surface area contributed by atoms with Gasteiger partial charge in [-0.25, -0.2) is 18.3 Å². The molecular weight excluding hydrogens is 565 g/mol. The van der Waals surface area contributed by atoms with E-state index in [1.807, 2.05) is 30.3 Å². The molecule has 6 nitrogen and oxygen atoms in total. The van der Waals surface area contributed by atoms with Crippen LogP contribution < -0.4 is 15.0 Å². The maximum absolute atomic E-state index is 11.6. The van der Waals surface area contributed by atoms with Gasteiger partial charge in [0.15, 0.2) is 7.28 Å². The molecule has 164 valence electrons. The van der Waals surface area contributed by atoms with E-state index >= 15 is 0 Å². The summed E-state index contributed by atoms with van der Waals surface area (Å²) >= 11 is 7.05. The summed E-state index contributed by atoms with van der Waals surface area (Å²) in [5.41, 5.74) is 0.598.